The van der Waals surface area contributed by atoms with Gasteiger partial charge in [-0.25, -0.2) is 0 Å². The van der Waals surface area contributed by atoms with Crippen LogP contribution in [0, 0.1) is 0 Å². The third-order valence-corrected chi connectivity index (χ3v) is 9.60. The van der Waals surface area contributed by atoms with Crippen molar-refractivity contribution in [1.82, 2.24) is 9.55 Å². The maximum atomic E-state index is 6.60. The van der Waals surface area contributed by atoms with E-state index in [1.54, 1.807) is 0 Å². The minimum Gasteiger partial charge on any atom is -0.458 e. The van der Waals surface area contributed by atoms with E-state index in [4.69, 9.17) is 14.4 Å². The Morgan fingerprint density at radius 1 is 0.756 bits per heavy atom. The molecule has 1 aliphatic rings. The summed E-state index contributed by atoms with van der Waals surface area (Å²) in [6, 6.07) is 37.3. The van der Waals surface area contributed by atoms with Gasteiger partial charge in [0, 0.05) is 39.3 Å². The molecule has 222 valence electrons. The van der Waals surface area contributed by atoms with Gasteiger partial charge in [-0.2, -0.15) is 0 Å². The van der Waals surface area contributed by atoms with Gasteiger partial charge in [-0.3, -0.25) is 9.98 Å². The normalized spacial score (nSPS) is 16.1. The van der Waals surface area contributed by atoms with Crippen LogP contribution in [0.4, 0.5) is 0 Å². The molecule has 1 unspecified atom stereocenters. The van der Waals surface area contributed by atoms with Crippen LogP contribution >= 0.6 is 0 Å². The molecule has 0 saturated heterocycles. The number of aliphatic imine (C=N–C) groups is 1. The van der Waals surface area contributed by atoms with Crippen LogP contribution in [0.5, 0.6) is 0 Å². The van der Waals surface area contributed by atoms with Gasteiger partial charge in [0.25, 0.3) is 0 Å². The predicted molar refractivity (Wildman–Crippen MR) is 187 cm³/mol. The predicted octanol–water partition coefficient (Wildman–Crippen LogP) is 10.5. The van der Waals surface area contributed by atoms with Crippen molar-refractivity contribution in [2.75, 3.05) is 6.54 Å². The molecule has 1 atom stereocenters. The van der Waals surface area contributed by atoms with Crippen LogP contribution in [0.15, 0.2) is 119 Å². The van der Waals surface area contributed by atoms with Crippen LogP contribution < -0.4 is 0 Å². The summed E-state index contributed by atoms with van der Waals surface area (Å²) < 4.78 is 8.97. The zero-order valence-electron chi connectivity index (χ0n) is 26.0. The molecule has 45 heavy (non-hydrogen) atoms. The average Bonchev–Trinajstić information content (AvgIpc) is 3.64. The largest absolute Gasteiger partial charge is 0.458 e. The molecule has 0 spiro atoms. The number of hydrogen-bond donors (Lipinski definition) is 0. The molecule has 0 saturated carbocycles. The van der Waals surface area contributed by atoms with Crippen LogP contribution in [0.1, 0.15) is 62.1 Å². The summed E-state index contributed by atoms with van der Waals surface area (Å²) in [5.74, 6) is 0.980. The van der Waals surface area contributed by atoms with Crippen molar-refractivity contribution < 1.29 is 4.42 Å². The van der Waals surface area contributed by atoms with Gasteiger partial charge >= 0.3 is 0 Å². The molecule has 4 heteroatoms. The molecule has 4 nitrogen and oxygen atoms in total. The Balaban J connectivity index is 1.17. The van der Waals surface area contributed by atoms with Gasteiger partial charge < -0.3 is 8.98 Å². The number of rotatable bonds is 8. The molecular weight excluding hydrogens is 550 g/mol. The lowest BCUT2D eigenvalue weighted by atomic mass is 9.76. The Kier molecular flexibility index (Phi) is 6.86. The van der Waals surface area contributed by atoms with Gasteiger partial charge in [-0.15, -0.1) is 0 Å². The molecule has 7 aromatic rings. The third kappa shape index (κ3) is 4.67. The fourth-order valence-electron chi connectivity index (χ4n) is 7.15. The lowest BCUT2D eigenvalue weighted by Crippen LogP contribution is -2.30. The molecular formula is C41H37N3O. The van der Waals surface area contributed by atoms with E-state index < -0.39 is 0 Å². The molecule has 0 bridgehead atoms. The Morgan fingerprint density at radius 2 is 1.49 bits per heavy atom. The Bertz CT molecular complexity index is 2160. The first-order valence-corrected chi connectivity index (χ1v) is 16.3. The number of aryl methyl sites for hydroxylation is 1. The summed E-state index contributed by atoms with van der Waals surface area (Å²) >= 11 is 0. The van der Waals surface area contributed by atoms with E-state index in [1.165, 1.54) is 64.2 Å². The monoisotopic (exact) mass is 587 g/mol. The zero-order chi connectivity index (χ0) is 30.4. The molecule has 3 aromatic heterocycles. The number of furan rings is 1. The van der Waals surface area contributed by atoms with Gasteiger partial charge in [-0.1, -0.05) is 99.0 Å². The van der Waals surface area contributed by atoms with E-state index in [-0.39, 0.29) is 5.41 Å². The standard InChI is InChI=1S/C41H37N3O/c1-3-4-5-6-16-31-24-35-36-25-42-27-41(2,40(36)45-39(35)26-43-31)30-15-11-13-28(22-30)29-14-12-17-32(23-29)44-37-20-9-7-18-33(37)34-19-8-10-21-38(34)44/h7-15,17-26H,3-6,16,27H2,1-2H3. The minimum atomic E-state index is -0.384. The molecule has 4 heterocycles. The molecule has 0 N–H and O–H groups in total. The first-order chi connectivity index (χ1) is 22.1. The van der Waals surface area contributed by atoms with Crippen molar-refractivity contribution in [2.45, 2.75) is 51.4 Å². The van der Waals surface area contributed by atoms with E-state index in [0.29, 0.717) is 6.54 Å². The maximum Gasteiger partial charge on any atom is 0.153 e. The number of para-hydroxylation sites is 2. The highest BCUT2D eigenvalue weighted by Gasteiger charge is 2.38. The van der Waals surface area contributed by atoms with Gasteiger partial charge in [0.15, 0.2) is 5.58 Å². The number of benzene rings is 4. The fourth-order valence-corrected chi connectivity index (χ4v) is 7.15. The maximum absolute atomic E-state index is 6.60. The second-order valence-corrected chi connectivity index (χ2v) is 12.6. The highest BCUT2D eigenvalue weighted by molar-refractivity contribution is 6.09. The molecule has 1 aliphatic heterocycles. The lowest BCUT2D eigenvalue weighted by Gasteiger charge is -2.30. The van der Waals surface area contributed by atoms with Crippen LogP contribution in [0.25, 0.3) is 49.6 Å². The van der Waals surface area contributed by atoms with E-state index >= 15 is 0 Å². The first kappa shape index (κ1) is 27.6. The number of aromatic nitrogens is 2. The summed E-state index contributed by atoms with van der Waals surface area (Å²) in [6.07, 6.45) is 9.85. The second kappa shape index (κ2) is 11.2. The highest BCUT2D eigenvalue weighted by atomic mass is 16.3. The van der Waals surface area contributed by atoms with Crippen LogP contribution in [0.2, 0.25) is 0 Å². The average molecular weight is 588 g/mol. The van der Waals surface area contributed by atoms with Gasteiger partial charge in [0.1, 0.15) is 5.76 Å². The van der Waals surface area contributed by atoms with E-state index in [2.05, 4.69) is 122 Å². The topological polar surface area (TPSA) is 43.3 Å². The zero-order valence-corrected chi connectivity index (χ0v) is 26.0. The molecule has 0 amide bonds. The molecule has 0 fully saturated rings. The van der Waals surface area contributed by atoms with E-state index in [0.717, 1.165) is 40.1 Å². The fraction of sp³-hybridized carbons (Fsp3) is 0.220. The van der Waals surface area contributed by atoms with Crippen molar-refractivity contribution in [2.24, 2.45) is 4.99 Å². The summed E-state index contributed by atoms with van der Waals surface area (Å²) in [5.41, 5.74) is 9.83. The second-order valence-electron chi connectivity index (χ2n) is 12.6. The number of hydrogen-bond acceptors (Lipinski definition) is 3. The van der Waals surface area contributed by atoms with Crippen molar-refractivity contribution in [3.05, 3.63) is 132 Å². The summed E-state index contributed by atoms with van der Waals surface area (Å²) in [4.78, 5) is 9.64. The molecule has 8 rings (SSSR count). The first-order valence-electron chi connectivity index (χ1n) is 16.3. The quantitative estimate of drug-likeness (QED) is 0.166. The third-order valence-electron chi connectivity index (χ3n) is 9.60. The van der Waals surface area contributed by atoms with E-state index in [1.807, 2.05) is 12.4 Å². The lowest BCUT2D eigenvalue weighted by molar-refractivity contribution is 0.429. The summed E-state index contributed by atoms with van der Waals surface area (Å²) in [6.45, 7) is 5.15. The molecule has 0 radical (unpaired) electrons. The highest BCUT2D eigenvalue weighted by Crippen LogP contribution is 2.42. The Hall–Kier alpha value is -4.96. The van der Waals surface area contributed by atoms with Crippen LogP contribution in [-0.2, 0) is 11.8 Å². The van der Waals surface area contributed by atoms with Crippen molar-refractivity contribution >= 4 is 39.0 Å². The Morgan fingerprint density at radius 3 is 2.27 bits per heavy atom. The van der Waals surface area contributed by atoms with Crippen molar-refractivity contribution in [3.8, 4) is 16.8 Å². The van der Waals surface area contributed by atoms with Gasteiger partial charge in [0.05, 0.1) is 29.2 Å². The minimum absolute atomic E-state index is 0.384. The SMILES string of the molecule is CCCCCCc1cc2c3c(oc2cn1)C(C)(c1cccc(-c2cccc(-n4c5ccccc5c5ccccc54)c2)c1)CN=C3. The van der Waals surface area contributed by atoms with Crippen molar-refractivity contribution in [3.63, 3.8) is 0 Å². The summed E-state index contributed by atoms with van der Waals surface area (Å²) in [5, 5.41) is 3.66. The van der Waals surface area contributed by atoms with Crippen molar-refractivity contribution in [1.29, 1.82) is 0 Å². The summed E-state index contributed by atoms with van der Waals surface area (Å²) in [7, 11) is 0. The van der Waals surface area contributed by atoms with Gasteiger partial charge in [-0.05, 0) is 66.8 Å². The number of pyridine rings is 1. The van der Waals surface area contributed by atoms with Crippen LogP contribution in [0.3, 0.4) is 0 Å². The molecule has 4 aromatic carbocycles. The molecule has 0 aliphatic carbocycles. The van der Waals surface area contributed by atoms with Crippen LogP contribution in [-0.4, -0.2) is 22.3 Å². The van der Waals surface area contributed by atoms with E-state index in [9.17, 15) is 0 Å². The number of nitrogens with zero attached hydrogens (tertiary/aromatic N) is 3. The van der Waals surface area contributed by atoms with Gasteiger partial charge in [0.2, 0.25) is 0 Å². The smallest absolute Gasteiger partial charge is 0.153 e. The Labute approximate surface area is 264 Å². The number of fused-ring (bicyclic) bond motifs is 6. The number of unbranched alkanes of at least 4 members (excludes halogenated alkanes) is 3.